The highest BCUT2D eigenvalue weighted by Crippen LogP contribution is 2.46. The SMILES string of the molecule is COc1ccc2nc(N3C(=O)C(=O)C(=C(O)c4ccc5c(c4)CC(C)O5)C3c3ccc(OCCC(C)C)c(OC)c3)sc2c1. The summed E-state index contributed by atoms with van der Waals surface area (Å²) in [4.78, 5) is 33.6. The molecule has 1 aromatic heterocycles. The number of fused-ring (bicyclic) bond motifs is 2. The number of benzene rings is 3. The smallest absolute Gasteiger partial charge is 0.301 e. The maximum Gasteiger partial charge on any atom is 0.301 e. The van der Waals surface area contributed by atoms with Crippen molar-refractivity contribution in [3.63, 3.8) is 0 Å². The fourth-order valence-corrected chi connectivity index (χ4v) is 6.59. The molecule has 10 heteroatoms. The van der Waals surface area contributed by atoms with Crippen molar-refractivity contribution in [3.8, 4) is 23.0 Å². The first kappa shape index (κ1) is 29.5. The third-order valence-electron chi connectivity index (χ3n) is 7.86. The maximum atomic E-state index is 13.8. The molecule has 2 aliphatic rings. The van der Waals surface area contributed by atoms with Crippen molar-refractivity contribution in [2.24, 2.45) is 5.92 Å². The van der Waals surface area contributed by atoms with E-state index in [1.54, 1.807) is 56.7 Å². The van der Waals surface area contributed by atoms with Crippen LogP contribution < -0.4 is 23.8 Å². The number of aliphatic hydroxyl groups excluding tert-OH is 1. The van der Waals surface area contributed by atoms with Gasteiger partial charge in [0, 0.05) is 12.0 Å². The van der Waals surface area contributed by atoms with Crippen LogP contribution in [0, 0.1) is 5.92 Å². The van der Waals surface area contributed by atoms with E-state index in [4.69, 9.17) is 23.9 Å². The fourth-order valence-electron chi connectivity index (χ4n) is 5.57. The number of anilines is 1. The summed E-state index contributed by atoms with van der Waals surface area (Å²) in [6, 6.07) is 15.1. The summed E-state index contributed by atoms with van der Waals surface area (Å²) < 4.78 is 23.7. The van der Waals surface area contributed by atoms with Gasteiger partial charge in [-0.15, -0.1) is 0 Å². The van der Waals surface area contributed by atoms with Gasteiger partial charge in [-0.3, -0.25) is 14.5 Å². The van der Waals surface area contributed by atoms with Crippen LogP contribution in [0.3, 0.4) is 0 Å². The molecule has 1 N–H and O–H groups in total. The van der Waals surface area contributed by atoms with Crippen LogP contribution in [0.4, 0.5) is 5.13 Å². The predicted octanol–water partition coefficient (Wildman–Crippen LogP) is 6.69. The van der Waals surface area contributed by atoms with Gasteiger partial charge in [0.1, 0.15) is 23.4 Å². The minimum Gasteiger partial charge on any atom is -0.507 e. The average Bonchev–Trinajstić information content (AvgIpc) is 3.68. The summed E-state index contributed by atoms with van der Waals surface area (Å²) in [6.07, 6.45) is 1.57. The predicted molar refractivity (Wildman–Crippen MR) is 169 cm³/mol. The highest BCUT2D eigenvalue weighted by molar-refractivity contribution is 7.22. The molecule has 0 saturated carbocycles. The quantitative estimate of drug-likeness (QED) is 0.126. The molecule has 0 radical (unpaired) electrons. The molecule has 2 aliphatic heterocycles. The van der Waals surface area contributed by atoms with Gasteiger partial charge in [0.2, 0.25) is 0 Å². The van der Waals surface area contributed by atoms with E-state index in [0.29, 0.717) is 58.0 Å². The molecular formula is C34H34N2O7S. The lowest BCUT2D eigenvalue weighted by molar-refractivity contribution is -0.132. The minimum atomic E-state index is -0.973. The number of carbonyl (C=O) groups excluding carboxylic acids is 2. The van der Waals surface area contributed by atoms with Crippen LogP contribution in [0.5, 0.6) is 23.0 Å². The molecule has 4 aromatic rings. The molecule has 228 valence electrons. The number of carbonyl (C=O) groups is 2. The number of nitrogens with zero attached hydrogens (tertiary/aromatic N) is 2. The fraction of sp³-hybridized carbons (Fsp3) is 0.324. The van der Waals surface area contributed by atoms with Gasteiger partial charge in [-0.2, -0.15) is 0 Å². The van der Waals surface area contributed by atoms with Crippen LogP contribution in [0.2, 0.25) is 0 Å². The Morgan fingerprint density at radius 2 is 1.89 bits per heavy atom. The Bertz CT molecular complexity index is 1790. The van der Waals surface area contributed by atoms with Crippen molar-refractivity contribution >= 4 is 44.1 Å². The number of ketones is 1. The number of methoxy groups -OCH3 is 2. The lowest BCUT2D eigenvalue weighted by Gasteiger charge is -2.24. The summed E-state index contributed by atoms with van der Waals surface area (Å²) in [7, 11) is 3.12. The Balaban J connectivity index is 1.49. The van der Waals surface area contributed by atoms with Gasteiger partial charge >= 0.3 is 5.91 Å². The van der Waals surface area contributed by atoms with E-state index >= 15 is 0 Å². The number of thiazole rings is 1. The van der Waals surface area contributed by atoms with Crippen molar-refractivity contribution in [1.29, 1.82) is 0 Å². The zero-order chi connectivity index (χ0) is 31.1. The first-order chi connectivity index (χ1) is 21.2. The molecule has 1 amide bonds. The van der Waals surface area contributed by atoms with Crippen LogP contribution >= 0.6 is 11.3 Å². The molecule has 44 heavy (non-hydrogen) atoms. The number of aromatic nitrogens is 1. The minimum absolute atomic E-state index is 0.0133. The van der Waals surface area contributed by atoms with E-state index in [1.807, 2.05) is 19.1 Å². The van der Waals surface area contributed by atoms with Gasteiger partial charge in [0.25, 0.3) is 5.78 Å². The van der Waals surface area contributed by atoms with Crippen molar-refractivity contribution in [1.82, 2.24) is 4.98 Å². The number of aliphatic hydroxyl groups is 1. The molecule has 3 heterocycles. The highest BCUT2D eigenvalue weighted by atomic mass is 32.1. The third-order valence-corrected chi connectivity index (χ3v) is 8.88. The second kappa shape index (κ2) is 11.8. The van der Waals surface area contributed by atoms with Crippen LogP contribution in [0.1, 0.15) is 49.9 Å². The van der Waals surface area contributed by atoms with Gasteiger partial charge in [-0.05, 0) is 78.9 Å². The summed E-state index contributed by atoms with van der Waals surface area (Å²) in [5, 5.41) is 12.0. The second-order valence-corrected chi connectivity index (χ2v) is 12.4. The second-order valence-electron chi connectivity index (χ2n) is 11.4. The average molecular weight is 615 g/mol. The van der Waals surface area contributed by atoms with Gasteiger partial charge in [0.05, 0.1) is 42.7 Å². The van der Waals surface area contributed by atoms with Crippen molar-refractivity contribution in [2.75, 3.05) is 25.7 Å². The van der Waals surface area contributed by atoms with Gasteiger partial charge in [-0.25, -0.2) is 4.98 Å². The van der Waals surface area contributed by atoms with Crippen molar-refractivity contribution < 1.29 is 33.6 Å². The molecule has 1 fully saturated rings. The lowest BCUT2D eigenvalue weighted by Crippen LogP contribution is -2.29. The van der Waals surface area contributed by atoms with Crippen LogP contribution in [0.15, 0.2) is 60.2 Å². The van der Waals surface area contributed by atoms with E-state index in [-0.39, 0.29) is 17.4 Å². The van der Waals surface area contributed by atoms with E-state index < -0.39 is 17.7 Å². The maximum absolute atomic E-state index is 13.8. The number of ether oxygens (including phenoxy) is 4. The number of Topliss-reactive ketones (excluding diaryl/α,β-unsaturated/α-hetero) is 1. The van der Waals surface area contributed by atoms with Crippen molar-refractivity contribution in [2.45, 2.75) is 45.8 Å². The Hall–Kier alpha value is -4.57. The van der Waals surface area contributed by atoms with Gasteiger partial charge in [0.15, 0.2) is 16.6 Å². The Morgan fingerprint density at radius 1 is 1.07 bits per heavy atom. The standard InChI is InChI=1S/C34H34N2O7S/c1-18(2)12-13-42-26-11-6-20(16-27(26)41-5)30-29(31(37)21-7-10-25-22(15-21)14-19(3)43-25)32(38)33(39)36(30)34-35-24-9-8-23(40-4)17-28(24)44-34/h6-11,15-19,30,37H,12-14H2,1-5H3. The molecule has 1 saturated heterocycles. The van der Waals surface area contributed by atoms with E-state index in [9.17, 15) is 14.7 Å². The first-order valence-corrected chi connectivity index (χ1v) is 15.4. The number of amides is 1. The molecule has 9 nitrogen and oxygen atoms in total. The number of rotatable bonds is 9. The van der Waals surface area contributed by atoms with Crippen LogP contribution in [0.25, 0.3) is 16.0 Å². The molecule has 2 unspecified atom stereocenters. The molecule has 3 aromatic carbocycles. The Morgan fingerprint density at radius 3 is 2.64 bits per heavy atom. The van der Waals surface area contributed by atoms with Gasteiger partial charge < -0.3 is 24.1 Å². The summed E-state index contributed by atoms with van der Waals surface area (Å²) in [5.41, 5.74) is 2.55. The van der Waals surface area contributed by atoms with E-state index in [0.717, 1.165) is 22.4 Å². The highest BCUT2D eigenvalue weighted by Gasteiger charge is 2.48. The lowest BCUT2D eigenvalue weighted by atomic mass is 9.94. The number of hydrogen-bond donors (Lipinski definition) is 1. The van der Waals surface area contributed by atoms with Crippen LogP contribution in [-0.4, -0.2) is 48.7 Å². The summed E-state index contributed by atoms with van der Waals surface area (Å²) >= 11 is 1.27. The first-order valence-electron chi connectivity index (χ1n) is 14.5. The summed E-state index contributed by atoms with van der Waals surface area (Å²) in [6.45, 7) is 6.74. The molecule has 6 rings (SSSR count). The molecular weight excluding hydrogens is 580 g/mol. The Kier molecular flexibility index (Phi) is 7.94. The molecule has 0 aliphatic carbocycles. The van der Waals surface area contributed by atoms with Crippen LogP contribution in [-0.2, 0) is 16.0 Å². The van der Waals surface area contributed by atoms with E-state index in [1.165, 1.54) is 16.2 Å². The topological polar surface area (TPSA) is 107 Å². The monoisotopic (exact) mass is 614 g/mol. The largest absolute Gasteiger partial charge is 0.507 e. The molecule has 0 bridgehead atoms. The normalized spacial score (nSPS) is 19.0. The Labute approximate surface area is 259 Å². The summed E-state index contributed by atoms with van der Waals surface area (Å²) in [5.74, 6) is 1.03. The zero-order valence-electron chi connectivity index (χ0n) is 25.2. The molecule has 2 atom stereocenters. The number of hydrogen-bond acceptors (Lipinski definition) is 9. The van der Waals surface area contributed by atoms with E-state index in [2.05, 4.69) is 13.8 Å². The zero-order valence-corrected chi connectivity index (χ0v) is 26.1. The van der Waals surface area contributed by atoms with Gasteiger partial charge in [-0.1, -0.05) is 31.3 Å². The third kappa shape index (κ3) is 5.34. The van der Waals surface area contributed by atoms with Crippen molar-refractivity contribution in [3.05, 3.63) is 76.9 Å². The molecule has 0 spiro atoms.